The van der Waals surface area contributed by atoms with E-state index in [4.69, 9.17) is 9.90 Å². The molecule has 2 aliphatic heterocycles. The highest BCUT2D eigenvalue weighted by atomic mass is 19.4. The first-order valence-corrected chi connectivity index (χ1v) is 9.14. The summed E-state index contributed by atoms with van der Waals surface area (Å²) in [6.45, 7) is 0. The van der Waals surface area contributed by atoms with Gasteiger partial charge >= 0.3 is 18.1 Å². The first-order valence-electron chi connectivity index (χ1n) is 9.14. The van der Waals surface area contributed by atoms with Crippen LogP contribution >= 0.6 is 0 Å². The predicted molar refractivity (Wildman–Crippen MR) is 95.9 cm³/mol. The number of nitrogens with zero attached hydrogens (tertiary/aromatic N) is 3. The van der Waals surface area contributed by atoms with Crippen LogP contribution in [0.4, 0.5) is 17.6 Å². The fourth-order valence-corrected chi connectivity index (χ4v) is 4.02. The summed E-state index contributed by atoms with van der Waals surface area (Å²) in [5, 5.41) is 16.5. The summed E-state index contributed by atoms with van der Waals surface area (Å²) >= 11 is 0. The van der Waals surface area contributed by atoms with Crippen LogP contribution in [0.1, 0.15) is 29.6 Å². The lowest BCUT2D eigenvalue weighted by molar-refractivity contribution is -0.192. The van der Waals surface area contributed by atoms with E-state index in [9.17, 15) is 32.3 Å². The Morgan fingerprint density at radius 1 is 1.13 bits per heavy atom. The Morgan fingerprint density at radius 3 is 2.32 bits per heavy atom. The number of hydrogen-bond donors (Lipinski definition) is 2. The first kappa shape index (κ1) is 22.2. The summed E-state index contributed by atoms with van der Waals surface area (Å²) in [6, 6.07) is 3.66. The fraction of sp³-hybridized carbons (Fsp3) is 0.368. The summed E-state index contributed by atoms with van der Waals surface area (Å²) in [5.74, 6) is -4.96. The molecule has 0 saturated carbocycles. The van der Waals surface area contributed by atoms with Gasteiger partial charge in [-0.1, -0.05) is 0 Å². The molecule has 2 aliphatic rings. The number of halogens is 4. The van der Waals surface area contributed by atoms with Crippen LogP contribution in [0.25, 0.3) is 5.69 Å². The zero-order valence-electron chi connectivity index (χ0n) is 15.8. The number of carbonyl (C=O) groups is 3. The number of hydrogen-bond acceptors (Lipinski definition) is 4. The average molecular weight is 443 g/mol. The highest BCUT2D eigenvalue weighted by Gasteiger charge is 2.51. The van der Waals surface area contributed by atoms with E-state index >= 15 is 0 Å². The summed E-state index contributed by atoms with van der Waals surface area (Å²) < 4.78 is 47.1. The van der Waals surface area contributed by atoms with Crippen LogP contribution in [-0.2, 0) is 9.59 Å². The Bertz CT molecular complexity index is 993. The van der Waals surface area contributed by atoms with Crippen LogP contribution in [0.5, 0.6) is 0 Å². The number of benzene rings is 1. The van der Waals surface area contributed by atoms with E-state index in [1.54, 1.807) is 28.2 Å². The van der Waals surface area contributed by atoms with Crippen molar-refractivity contribution in [3.8, 4) is 5.69 Å². The quantitative estimate of drug-likeness (QED) is 0.706. The maximum Gasteiger partial charge on any atom is 0.490 e. The maximum absolute atomic E-state index is 13.8. The van der Waals surface area contributed by atoms with E-state index in [0.717, 1.165) is 6.42 Å². The average Bonchev–Trinajstić information content (AvgIpc) is 3.43. The lowest BCUT2D eigenvalue weighted by Crippen LogP contribution is -2.38. The SMILES string of the molecule is O=C(O)C(F)(F)F.O=C(O)[C@@H]1C[C@H]2CC[C@@H]1N2C(=O)c1cc(F)ccc1-n1ccnc1. The normalized spacial score (nSPS) is 22.1. The molecule has 8 nitrogen and oxygen atoms in total. The second-order valence-electron chi connectivity index (χ2n) is 7.13. The van der Waals surface area contributed by atoms with E-state index in [1.165, 1.54) is 18.2 Å². The van der Waals surface area contributed by atoms with E-state index in [0.29, 0.717) is 18.5 Å². The molecule has 3 heterocycles. The van der Waals surface area contributed by atoms with E-state index < -0.39 is 29.9 Å². The van der Waals surface area contributed by atoms with E-state index in [-0.39, 0.29) is 23.6 Å². The van der Waals surface area contributed by atoms with Crippen molar-refractivity contribution in [1.29, 1.82) is 0 Å². The topological polar surface area (TPSA) is 113 Å². The third-order valence-corrected chi connectivity index (χ3v) is 5.30. The van der Waals surface area contributed by atoms with Gasteiger partial charge in [0, 0.05) is 24.5 Å². The highest BCUT2D eigenvalue weighted by molar-refractivity contribution is 5.99. The Balaban J connectivity index is 0.000000339. The zero-order chi connectivity index (χ0) is 22.9. The van der Waals surface area contributed by atoms with Gasteiger partial charge in [0.1, 0.15) is 5.82 Å². The number of fused-ring (bicyclic) bond motifs is 2. The number of amides is 1. The third kappa shape index (κ3) is 4.52. The molecule has 1 amide bonds. The summed E-state index contributed by atoms with van der Waals surface area (Å²) in [6.07, 6.45) is 1.68. The number of aliphatic carboxylic acids is 2. The monoisotopic (exact) mass is 443 g/mol. The van der Waals surface area contributed by atoms with Gasteiger partial charge in [-0.05, 0) is 37.5 Å². The molecule has 2 bridgehead atoms. The van der Waals surface area contributed by atoms with Crippen molar-refractivity contribution >= 4 is 17.8 Å². The minimum Gasteiger partial charge on any atom is -0.481 e. The maximum atomic E-state index is 13.8. The van der Waals surface area contributed by atoms with Crippen molar-refractivity contribution in [2.45, 2.75) is 37.5 Å². The van der Waals surface area contributed by atoms with Crippen molar-refractivity contribution in [3.05, 3.63) is 48.3 Å². The van der Waals surface area contributed by atoms with Crippen molar-refractivity contribution in [2.75, 3.05) is 0 Å². The van der Waals surface area contributed by atoms with Crippen molar-refractivity contribution in [1.82, 2.24) is 14.5 Å². The molecule has 166 valence electrons. The second-order valence-corrected chi connectivity index (χ2v) is 7.13. The molecule has 0 aliphatic carbocycles. The lowest BCUT2D eigenvalue weighted by Gasteiger charge is -2.24. The Hall–Kier alpha value is -3.44. The van der Waals surface area contributed by atoms with Gasteiger partial charge in [-0.15, -0.1) is 0 Å². The Labute approximate surface area is 172 Å². The standard InChI is InChI=1S/C17H16FN3O3.C2HF3O2/c18-10-1-3-14(20-6-5-19-9-20)12(7-10)16(22)21-11-2-4-15(21)13(8-11)17(23)24;3-2(4,5)1(6)7/h1,3,5-7,9,11,13,15H,2,4,8H2,(H,23,24);(H,6,7)/t11-,13-,15+;/m1./s1. The molecule has 31 heavy (non-hydrogen) atoms. The van der Waals surface area contributed by atoms with Crippen LogP contribution in [0.2, 0.25) is 0 Å². The number of carboxylic acids is 2. The molecule has 2 saturated heterocycles. The Kier molecular flexibility index (Phi) is 6.00. The Morgan fingerprint density at radius 2 is 1.81 bits per heavy atom. The zero-order valence-corrected chi connectivity index (χ0v) is 15.8. The lowest BCUT2D eigenvalue weighted by atomic mass is 9.89. The molecule has 1 aromatic heterocycles. The summed E-state index contributed by atoms with van der Waals surface area (Å²) in [5.41, 5.74) is 0.771. The molecule has 2 fully saturated rings. The van der Waals surface area contributed by atoms with Crippen LogP contribution in [0.15, 0.2) is 36.9 Å². The predicted octanol–water partition coefficient (Wildman–Crippen LogP) is 2.72. The van der Waals surface area contributed by atoms with Gasteiger partial charge in [-0.25, -0.2) is 14.2 Å². The largest absolute Gasteiger partial charge is 0.490 e. The number of imidazole rings is 1. The number of rotatable bonds is 3. The summed E-state index contributed by atoms with van der Waals surface area (Å²) in [4.78, 5) is 39.0. The van der Waals surface area contributed by atoms with E-state index in [2.05, 4.69) is 4.98 Å². The van der Waals surface area contributed by atoms with E-state index in [1.807, 2.05) is 0 Å². The minimum absolute atomic E-state index is 0.0810. The molecule has 2 N–H and O–H groups in total. The molecule has 0 unspecified atom stereocenters. The van der Waals surface area contributed by atoms with Gasteiger partial charge in [-0.2, -0.15) is 13.2 Å². The minimum atomic E-state index is -5.08. The van der Waals surface area contributed by atoms with Crippen molar-refractivity contribution in [3.63, 3.8) is 0 Å². The van der Waals surface area contributed by atoms with Gasteiger partial charge in [0.25, 0.3) is 5.91 Å². The van der Waals surface area contributed by atoms with Crippen LogP contribution < -0.4 is 0 Å². The molecule has 1 aromatic carbocycles. The molecule has 0 radical (unpaired) electrons. The molecular weight excluding hydrogens is 426 g/mol. The number of carboxylic acid groups (broad SMARTS) is 2. The van der Waals surface area contributed by atoms with Gasteiger partial charge in [0.15, 0.2) is 0 Å². The van der Waals surface area contributed by atoms with Gasteiger partial charge in [-0.3, -0.25) is 9.59 Å². The van der Waals surface area contributed by atoms with Crippen molar-refractivity contribution in [2.24, 2.45) is 5.92 Å². The first-order chi connectivity index (χ1) is 14.5. The molecule has 3 atom stereocenters. The van der Waals surface area contributed by atoms with Crippen LogP contribution in [-0.4, -0.2) is 60.8 Å². The smallest absolute Gasteiger partial charge is 0.481 e. The van der Waals surface area contributed by atoms with Gasteiger partial charge in [0.05, 0.1) is 23.5 Å². The molecule has 4 rings (SSSR count). The van der Waals surface area contributed by atoms with Crippen LogP contribution in [0, 0.1) is 11.7 Å². The van der Waals surface area contributed by atoms with Crippen molar-refractivity contribution < 1.29 is 42.2 Å². The molecule has 0 spiro atoms. The third-order valence-electron chi connectivity index (χ3n) is 5.30. The fourth-order valence-electron chi connectivity index (χ4n) is 4.02. The van der Waals surface area contributed by atoms with Gasteiger partial charge in [0.2, 0.25) is 0 Å². The second kappa shape index (κ2) is 8.36. The van der Waals surface area contributed by atoms with Crippen LogP contribution in [0.3, 0.4) is 0 Å². The van der Waals surface area contributed by atoms with Gasteiger partial charge < -0.3 is 19.7 Å². The number of carbonyl (C=O) groups excluding carboxylic acids is 1. The molecular formula is C19H17F4N3O5. The number of aromatic nitrogens is 2. The number of alkyl halides is 3. The molecule has 2 aromatic rings. The molecule has 12 heteroatoms. The summed E-state index contributed by atoms with van der Waals surface area (Å²) in [7, 11) is 0. The highest BCUT2D eigenvalue weighted by Crippen LogP contribution is 2.43.